The van der Waals surface area contributed by atoms with Crippen LogP contribution >= 0.6 is 0 Å². The topological polar surface area (TPSA) is 30.8 Å². The molecular formula is C20H25NO2. The van der Waals surface area contributed by atoms with Crippen molar-refractivity contribution < 1.29 is 9.47 Å². The van der Waals surface area contributed by atoms with Gasteiger partial charge >= 0.3 is 0 Å². The molecular weight excluding hydrogens is 286 g/mol. The second-order valence-corrected chi connectivity index (χ2v) is 5.47. The maximum absolute atomic E-state index is 5.81. The van der Waals surface area contributed by atoms with E-state index in [1.165, 1.54) is 0 Å². The highest BCUT2D eigenvalue weighted by molar-refractivity contribution is 5.79. The molecule has 0 fully saturated rings. The quantitative estimate of drug-likeness (QED) is 0.650. The van der Waals surface area contributed by atoms with Gasteiger partial charge < -0.3 is 9.47 Å². The lowest BCUT2D eigenvalue weighted by atomic mass is 10.2. The first-order valence-electron chi connectivity index (χ1n) is 8.19. The predicted octanol–water partition coefficient (Wildman–Crippen LogP) is 4.88. The fourth-order valence-electron chi connectivity index (χ4n) is 1.98. The van der Waals surface area contributed by atoms with Crippen molar-refractivity contribution >= 4 is 6.21 Å². The van der Waals surface area contributed by atoms with E-state index in [1.807, 2.05) is 61.7 Å². The summed E-state index contributed by atoms with van der Waals surface area (Å²) in [7, 11) is 0. The van der Waals surface area contributed by atoms with Crippen LogP contribution in [-0.2, 0) is 6.61 Å². The van der Waals surface area contributed by atoms with Gasteiger partial charge in [-0.2, -0.15) is 0 Å². The molecule has 0 bridgehead atoms. The minimum atomic E-state index is 0.366. The molecule has 1 atom stereocenters. The third-order valence-corrected chi connectivity index (χ3v) is 3.59. The average molecular weight is 311 g/mol. The van der Waals surface area contributed by atoms with E-state index in [-0.39, 0.29) is 0 Å². The fraction of sp³-hybridized carbons (Fsp3) is 0.350. The van der Waals surface area contributed by atoms with E-state index in [9.17, 15) is 0 Å². The van der Waals surface area contributed by atoms with Gasteiger partial charge in [0.05, 0.1) is 6.61 Å². The molecule has 2 aromatic carbocycles. The van der Waals surface area contributed by atoms with Crippen molar-refractivity contribution in [2.75, 3.05) is 6.61 Å². The molecule has 0 aliphatic heterocycles. The predicted molar refractivity (Wildman–Crippen MR) is 95.7 cm³/mol. The first kappa shape index (κ1) is 17.1. The fourth-order valence-corrected chi connectivity index (χ4v) is 1.98. The Morgan fingerprint density at radius 1 is 0.913 bits per heavy atom. The summed E-state index contributed by atoms with van der Waals surface area (Å²) in [5.74, 6) is 1.75. The van der Waals surface area contributed by atoms with E-state index in [0.29, 0.717) is 19.3 Å². The summed E-state index contributed by atoms with van der Waals surface area (Å²) < 4.78 is 11.2. The Kier molecular flexibility index (Phi) is 6.67. The van der Waals surface area contributed by atoms with Crippen molar-refractivity contribution in [3.8, 4) is 11.5 Å². The summed E-state index contributed by atoms with van der Waals surface area (Å²) >= 11 is 0. The minimum absolute atomic E-state index is 0.366. The second-order valence-electron chi connectivity index (χ2n) is 5.47. The molecule has 0 amide bonds. The zero-order valence-electron chi connectivity index (χ0n) is 14.2. The van der Waals surface area contributed by atoms with Crippen LogP contribution in [0.1, 0.15) is 38.3 Å². The van der Waals surface area contributed by atoms with Gasteiger partial charge in [-0.25, -0.2) is 0 Å². The highest BCUT2D eigenvalue weighted by Gasteiger charge is 1.98. The van der Waals surface area contributed by atoms with Crippen molar-refractivity contribution in [3.05, 3.63) is 59.7 Å². The molecule has 0 radical (unpaired) electrons. The summed E-state index contributed by atoms with van der Waals surface area (Å²) in [5, 5.41) is 0. The Labute approximate surface area is 139 Å². The molecule has 0 N–H and O–H groups in total. The molecule has 0 heterocycles. The molecule has 0 aliphatic carbocycles. The maximum Gasteiger partial charge on any atom is 0.119 e. The SMILES string of the molecule is CCOc1ccc(COc2ccc(/C=N/C(C)CC)cc2)cc1. The highest BCUT2D eigenvalue weighted by Crippen LogP contribution is 2.16. The zero-order valence-corrected chi connectivity index (χ0v) is 14.2. The van der Waals surface area contributed by atoms with Crippen molar-refractivity contribution in [3.63, 3.8) is 0 Å². The van der Waals surface area contributed by atoms with Crippen LogP contribution in [0.15, 0.2) is 53.5 Å². The summed E-state index contributed by atoms with van der Waals surface area (Å²) in [6.07, 6.45) is 2.98. The Balaban J connectivity index is 1.87. The summed E-state index contributed by atoms with van der Waals surface area (Å²) in [4.78, 5) is 4.48. The zero-order chi connectivity index (χ0) is 16.5. The molecule has 3 nitrogen and oxygen atoms in total. The number of rotatable bonds is 8. The smallest absolute Gasteiger partial charge is 0.119 e. The molecule has 1 unspecified atom stereocenters. The van der Waals surface area contributed by atoms with Gasteiger partial charge in [-0.15, -0.1) is 0 Å². The second kappa shape index (κ2) is 8.99. The normalized spacial score (nSPS) is 12.3. The third kappa shape index (κ3) is 5.78. The van der Waals surface area contributed by atoms with Crippen LogP contribution in [0.3, 0.4) is 0 Å². The number of benzene rings is 2. The average Bonchev–Trinajstić information content (AvgIpc) is 2.60. The Bertz CT molecular complexity index is 603. The molecule has 3 heteroatoms. The summed E-state index contributed by atoms with van der Waals surface area (Å²) in [6, 6.07) is 16.4. The van der Waals surface area contributed by atoms with E-state index in [4.69, 9.17) is 9.47 Å². The van der Waals surface area contributed by atoms with Gasteiger partial charge in [-0.3, -0.25) is 4.99 Å². The van der Waals surface area contributed by atoms with Gasteiger partial charge in [0.1, 0.15) is 18.1 Å². The van der Waals surface area contributed by atoms with Crippen molar-refractivity contribution in [2.45, 2.75) is 39.8 Å². The number of hydrogen-bond acceptors (Lipinski definition) is 3. The molecule has 2 rings (SSSR count). The lowest BCUT2D eigenvalue weighted by Gasteiger charge is -2.08. The number of nitrogens with zero attached hydrogens (tertiary/aromatic N) is 1. The Morgan fingerprint density at radius 2 is 1.52 bits per heavy atom. The van der Waals surface area contributed by atoms with Gasteiger partial charge in [-0.05, 0) is 67.8 Å². The van der Waals surface area contributed by atoms with Gasteiger partial charge in [0.25, 0.3) is 0 Å². The van der Waals surface area contributed by atoms with Crippen LogP contribution in [0, 0.1) is 0 Å². The van der Waals surface area contributed by atoms with Crippen LogP contribution in [0.25, 0.3) is 0 Å². The molecule has 122 valence electrons. The third-order valence-electron chi connectivity index (χ3n) is 3.59. The lowest BCUT2D eigenvalue weighted by molar-refractivity contribution is 0.305. The Morgan fingerprint density at radius 3 is 2.13 bits per heavy atom. The first-order valence-corrected chi connectivity index (χ1v) is 8.19. The van der Waals surface area contributed by atoms with Crippen molar-refractivity contribution in [2.24, 2.45) is 4.99 Å². The van der Waals surface area contributed by atoms with Gasteiger partial charge in [0, 0.05) is 12.3 Å². The molecule has 23 heavy (non-hydrogen) atoms. The highest BCUT2D eigenvalue weighted by atomic mass is 16.5. The standard InChI is InChI=1S/C20H25NO2/c1-4-16(3)21-14-17-6-10-20(11-7-17)23-15-18-8-12-19(13-9-18)22-5-2/h6-14,16H,4-5,15H2,1-3H3/b21-14+. The van der Waals surface area contributed by atoms with Gasteiger partial charge in [-0.1, -0.05) is 19.1 Å². The van der Waals surface area contributed by atoms with E-state index < -0.39 is 0 Å². The number of hydrogen-bond donors (Lipinski definition) is 0. The van der Waals surface area contributed by atoms with Gasteiger partial charge in [0.15, 0.2) is 0 Å². The van der Waals surface area contributed by atoms with E-state index in [2.05, 4.69) is 18.8 Å². The number of ether oxygens (including phenoxy) is 2. The lowest BCUT2D eigenvalue weighted by Crippen LogP contribution is -1.97. The molecule has 0 aromatic heterocycles. The van der Waals surface area contributed by atoms with E-state index in [1.54, 1.807) is 0 Å². The van der Waals surface area contributed by atoms with Crippen LogP contribution in [0.5, 0.6) is 11.5 Å². The monoisotopic (exact) mass is 311 g/mol. The van der Waals surface area contributed by atoms with Crippen LogP contribution in [-0.4, -0.2) is 18.9 Å². The summed E-state index contributed by atoms with van der Waals surface area (Å²) in [5.41, 5.74) is 2.22. The molecule has 0 spiro atoms. The van der Waals surface area contributed by atoms with E-state index >= 15 is 0 Å². The minimum Gasteiger partial charge on any atom is -0.494 e. The molecule has 0 saturated heterocycles. The van der Waals surface area contributed by atoms with Gasteiger partial charge in [0.2, 0.25) is 0 Å². The van der Waals surface area contributed by atoms with Crippen LogP contribution < -0.4 is 9.47 Å². The number of aliphatic imine (C=N–C) groups is 1. The largest absolute Gasteiger partial charge is 0.494 e. The van der Waals surface area contributed by atoms with E-state index in [0.717, 1.165) is 29.0 Å². The first-order chi connectivity index (χ1) is 11.2. The molecule has 0 saturated carbocycles. The molecule has 0 aliphatic rings. The van der Waals surface area contributed by atoms with Crippen molar-refractivity contribution in [1.82, 2.24) is 0 Å². The maximum atomic E-state index is 5.81. The van der Waals surface area contributed by atoms with Crippen molar-refractivity contribution in [1.29, 1.82) is 0 Å². The van der Waals surface area contributed by atoms with Crippen LogP contribution in [0.4, 0.5) is 0 Å². The molecule has 2 aromatic rings. The van der Waals surface area contributed by atoms with Crippen LogP contribution in [0.2, 0.25) is 0 Å². The summed E-state index contributed by atoms with van der Waals surface area (Å²) in [6.45, 7) is 7.47. The Hall–Kier alpha value is -2.29.